The van der Waals surface area contributed by atoms with E-state index in [0.29, 0.717) is 5.56 Å². The van der Waals surface area contributed by atoms with E-state index in [1.54, 1.807) is 38.1 Å². The Balaban J connectivity index is 2.09. The molecule has 3 aromatic rings. The zero-order chi connectivity index (χ0) is 18.7. The Labute approximate surface area is 152 Å². The van der Waals surface area contributed by atoms with Crippen LogP contribution in [-0.2, 0) is 0 Å². The molecule has 1 unspecified atom stereocenters. The van der Waals surface area contributed by atoms with E-state index in [2.05, 4.69) is 0 Å². The van der Waals surface area contributed by atoms with Gasteiger partial charge in [0.25, 0.3) is 0 Å². The fourth-order valence-electron chi connectivity index (χ4n) is 3.35. The summed E-state index contributed by atoms with van der Waals surface area (Å²) in [4.78, 5) is 24.3. The maximum Gasteiger partial charge on any atom is 0.224 e. The molecule has 0 saturated heterocycles. The van der Waals surface area contributed by atoms with Crippen molar-refractivity contribution in [2.75, 3.05) is 0 Å². The number of nitrogens with zero attached hydrogens (tertiary/aromatic N) is 1. The number of carbonyl (C=O) groups excluding carboxylic acids is 1. The first-order chi connectivity index (χ1) is 12.4. The molecule has 4 heteroatoms. The first-order valence-corrected chi connectivity index (χ1v) is 8.61. The molecule has 0 aliphatic rings. The van der Waals surface area contributed by atoms with Gasteiger partial charge in [-0.1, -0.05) is 72.8 Å². The molecule has 0 aliphatic heterocycles. The smallest absolute Gasteiger partial charge is 0.224 e. The summed E-state index contributed by atoms with van der Waals surface area (Å²) in [6.45, 7) is 3.19. The van der Waals surface area contributed by atoms with Crippen molar-refractivity contribution in [1.29, 1.82) is 0 Å². The Kier molecular flexibility index (Phi) is 4.85. The molecule has 0 saturated carbocycles. The zero-order valence-electron chi connectivity index (χ0n) is 14.9. The van der Waals surface area contributed by atoms with E-state index < -0.39 is 11.5 Å². The summed E-state index contributed by atoms with van der Waals surface area (Å²) < 4.78 is 0. The number of hydrogen-bond acceptors (Lipinski definition) is 3. The number of rotatable bonds is 6. The summed E-state index contributed by atoms with van der Waals surface area (Å²) in [5.41, 5.74) is 0.153. The minimum Gasteiger partial charge on any atom is -0.294 e. The molecule has 0 bridgehead atoms. The Morgan fingerprint density at radius 2 is 1.58 bits per heavy atom. The molecule has 3 aromatic carbocycles. The number of ketones is 1. The van der Waals surface area contributed by atoms with Crippen molar-refractivity contribution in [2.24, 2.45) is 0 Å². The van der Waals surface area contributed by atoms with E-state index in [4.69, 9.17) is 0 Å². The maximum atomic E-state index is 12.8. The van der Waals surface area contributed by atoms with E-state index in [1.807, 2.05) is 48.5 Å². The molecule has 0 spiro atoms. The fourth-order valence-corrected chi connectivity index (χ4v) is 3.35. The lowest BCUT2D eigenvalue weighted by Crippen LogP contribution is -2.39. The van der Waals surface area contributed by atoms with Gasteiger partial charge < -0.3 is 0 Å². The highest BCUT2D eigenvalue weighted by Crippen LogP contribution is 2.38. The average molecular weight is 347 g/mol. The maximum absolute atomic E-state index is 12.8. The van der Waals surface area contributed by atoms with Gasteiger partial charge in [-0.25, -0.2) is 0 Å². The van der Waals surface area contributed by atoms with Gasteiger partial charge in [-0.3, -0.25) is 14.9 Å². The van der Waals surface area contributed by atoms with Crippen molar-refractivity contribution in [1.82, 2.24) is 0 Å². The Hall–Kier alpha value is -3.01. The molecule has 0 N–H and O–H groups in total. The quantitative estimate of drug-likeness (QED) is 0.347. The molecule has 0 fully saturated rings. The van der Waals surface area contributed by atoms with E-state index in [0.717, 1.165) is 16.3 Å². The lowest BCUT2D eigenvalue weighted by Gasteiger charge is -2.28. The van der Waals surface area contributed by atoms with Gasteiger partial charge in [-0.05, 0) is 16.3 Å². The number of carbonyl (C=O) groups is 1. The second-order valence-corrected chi connectivity index (χ2v) is 7.03. The van der Waals surface area contributed by atoms with E-state index in [-0.39, 0.29) is 17.1 Å². The normalized spacial score (nSPS) is 12.7. The van der Waals surface area contributed by atoms with Gasteiger partial charge in [0.05, 0.1) is 5.92 Å². The van der Waals surface area contributed by atoms with Gasteiger partial charge >= 0.3 is 0 Å². The average Bonchev–Trinajstić information content (AvgIpc) is 2.66. The lowest BCUT2D eigenvalue weighted by molar-refractivity contribution is -0.565. The highest BCUT2D eigenvalue weighted by atomic mass is 16.6. The fraction of sp³-hybridized carbons (Fsp3) is 0.227. The summed E-state index contributed by atoms with van der Waals surface area (Å²) in [5.74, 6) is -0.616. The standard InChI is InChI=1S/C22H21NO3/c1-22(2,23(25)26)20(15-21(24)17-10-4-3-5-11-17)19-14-8-12-16-9-6-7-13-18(16)19/h3-14,20H,15H2,1-2H3. The number of nitro groups is 1. The van der Waals surface area contributed by atoms with Crippen molar-refractivity contribution in [3.63, 3.8) is 0 Å². The van der Waals surface area contributed by atoms with Gasteiger partial charge in [0.1, 0.15) is 0 Å². The SMILES string of the molecule is CC(C)(C(CC(=O)c1ccccc1)c1cccc2ccccc12)[N+](=O)[O-]. The highest BCUT2D eigenvalue weighted by Gasteiger charge is 2.43. The van der Waals surface area contributed by atoms with Crippen LogP contribution in [-0.4, -0.2) is 16.2 Å². The van der Waals surface area contributed by atoms with E-state index in [1.165, 1.54) is 0 Å². The topological polar surface area (TPSA) is 60.2 Å². The first-order valence-electron chi connectivity index (χ1n) is 8.61. The molecule has 0 radical (unpaired) electrons. The van der Waals surface area contributed by atoms with Crippen LogP contribution in [0.5, 0.6) is 0 Å². The Morgan fingerprint density at radius 3 is 2.27 bits per heavy atom. The van der Waals surface area contributed by atoms with Crippen LogP contribution in [0.1, 0.15) is 42.1 Å². The van der Waals surface area contributed by atoms with Crippen molar-refractivity contribution in [3.8, 4) is 0 Å². The zero-order valence-corrected chi connectivity index (χ0v) is 14.9. The van der Waals surface area contributed by atoms with Gasteiger partial charge in [-0.2, -0.15) is 0 Å². The molecule has 1 atom stereocenters. The van der Waals surface area contributed by atoms with E-state index in [9.17, 15) is 14.9 Å². The number of Topliss-reactive ketones (excluding diaryl/α,β-unsaturated/α-hetero) is 1. The van der Waals surface area contributed by atoms with Crippen LogP contribution in [0.25, 0.3) is 10.8 Å². The van der Waals surface area contributed by atoms with Gasteiger partial charge in [0.15, 0.2) is 5.78 Å². The van der Waals surface area contributed by atoms with Crippen LogP contribution >= 0.6 is 0 Å². The van der Waals surface area contributed by atoms with Crippen LogP contribution in [0.3, 0.4) is 0 Å². The van der Waals surface area contributed by atoms with Crippen LogP contribution in [0.4, 0.5) is 0 Å². The van der Waals surface area contributed by atoms with Crippen molar-refractivity contribution >= 4 is 16.6 Å². The van der Waals surface area contributed by atoms with Crippen LogP contribution in [0.15, 0.2) is 72.8 Å². The third-order valence-electron chi connectivity index (χ3n) is 5.01. The Morgan fingerprint density at radius 1 is 0.962 bits per heavy atom. The molecule has 0 amide bonds. The summed E-state index contributed by atoms with van der Waals surface area (Å²) in [5, 5.41) is 13.8. The lowest BCUT2D eigenvalue weighted by atomic mass is 9.76. The molecule has 0 aliphatic carbocycles. The summed E-state index contributed by atoms with van der Waals surface area (Å²) in [7, 11) is 0. The summed E-state index contributed by atoms with van der Waals surface area (Å²) in [6, 6.07) is 22.5. The van der Waals surface area contributed by atoms with Gasteiger partial charge in [-0.15, -0.1) is 0 Å². The van der Waals surface area contributed by atoms with Crippen molar-refractivity contribution < 1.29 is 9.72 Å². The third-order valence-corrected chi connectivity index (χ3v) is 5.01. The Bertz CT molecular complexity index is 943. The molecular formula is C22H21NO3. The van der Waals surface area contributed by atoms with Crippen LogP contribution in [0, 0.1) is 10.1 Å². The predicted octanol–water partition coefficient (Wildman–Crippen LogP) is 5.25. The molecule has 4 nitrogen and oxygen atoms in total. The molecule has 26 heavy (non-hydrogen) atoms. The number of hydrogen-bond donors (Lipinski definition) is 0. The second kappa shape index (κ2) is 7.08. The third kappa shape index (κ3) is 3.36. The summed E-state index contributed by atoms with van der Waals surface area (Å²) in [6.07, 6.45) is 0.0893. The minimum atomic E-state index is -1.27. The van der Waals surface area contributed by atoms with Crippen LogP contribution in [0.2, 0.25) is 0 Å². The number of benzene rings is 3. The number of fused-ring (bicyclic) bond motifs is 1. The minimum absolute atomic E-state index is 0.0848. The molecule has 3 rings (SSSR count). The monoisotopic (exact) mass is 347 g/mol. The van der Waals surface area contributed by atoms with Crippen LogP contribution < -0.4 is 0 Å². The molecular weight excluding hydrogens is 326 g/mol. The largest absolute Gasteiger partial charge is 0.294 e. The van der Waals surface area contributed by atoms with E-state index >= 15 is 0 Å². The van der Waals surface area contributed by atoms with Crippen molar-refractivity contribution in [2.45, 2.75) is 31.7 Å². The van der Waals surface area contributed by atoms with Gasteiger partial charge in [0.2, 0.25) is 5.54 Å². The first kappa shape index (κ1) is 17.8. The summed E-state index contributed by atoms with van der Waals surface area (Å²) >= 11 is 0. The second-order valence-electron chi connectivity index (χ2n) is 7.03. The molecule has 0 heterocycles. The highest BCUT2D eigenvalue weighted by molar-refractivity contribution is 5.97. The van der Waals surface area contributed by atoms with Gasteiger partial charge in [0, 0.05) is 30.8 Å². The molecule has 0 aromatic heterocycles. The predicted molar refractivity (Wildman–Crippen MR) is 103 cm³/mol. The van der Waals surface area contributed by atoms with Crippen molar-refractivity contribution in [3.05, 3.63) is 94.0 Å². The molecule has 132 valence electrons.